The first-order valence-corrected chi connectivity index (χ1v) is 7.99. The predicted octanol–water partition coefficient (Wildman–Crippen LogP) is 4.09. The van der Waals surface area contributed by atoms with Crippen LogP contribution < -0.4 is 9.31 Å². The van der Waals surface area contributed by atoms with E-state index in [1.54, 1.807) is 36.4 Å². The van der Waals surface area contributed by atoms with Crippen LogP contribution in [0.3, 0.4) is 0 Å². The van der Waals surface area contributed by atoms with Gasteiger partial charge in [-0.2, -0.15) is 0 Å². The van der Waals surface area contributed by atoms with Crippen molar-refractivity contribution in [3.05, 3.63) is 59.1 Å². The lowest BCUT2D eigenvalue weighted by molar-refractivity contribution is 0.118. The van der Waals surface area contributed by atoms with Crippen LogP contribution in [0.25, 0.3) is 0 Å². The molecule has 0 aliphatic rings. The highest BCUT2D eigenvalue weighted by atomic mass is 35.5. The summed E-state index contributed by atoms with van der Waals surface area (Å²) >= 11 is 5.79. The number of rotatable bonds is 9. The van der Waals surface area contributed by atoms with E-state index in [4.69, 9.17) is 25.6 Å². The summed E-state index contributed by atoms with van der Waals surface area (Å²) in [5, 5.41) is 10.4. The highest BCUT2D eigenvalue weighted by Crippen LogP contribution is 2.18. The molecule has 0 fully saturated rings. The van der Waals surface area contributed by atoms with Crippen molar-refractivity contribution in [3.63, 3.8) is 0 Å². The van der Waals surface area contributed by atoms with Gasteiger partial charge in [0.25, 0.3) is 0 Å². The zero-order valence-corrected chi connectivity index (χ0v) is 13.8. The molecule has 0 radical (unpaired) electrons. The van der Waals surface area contributed by atoms with Gasteiger partial charge in [0.15, 0.2) is 0 Å². The van der Waals surface area contributed by atoms with Crippen molar-refractivity contribution < 1.29 is 19.1 Å². The smallest absolute Gasteiger partial charge is 0.501 e. The van der Waals surface area contributed by atoms with Crippen LogP contribution in [0.1, 0.15) is 25.3 Å². The zero-order valence-electron chi connectivity index (χ0n) is 13.1. The minimum Gasteiger partial charge on any atom is -0.501 e. The Morgan fingerprint density at radius 1 is 0.957 bits per heavy atom. The molecule has 0 atom stereocenters. The highest BCUT2D eigenvalue weighted by molar-refractivity contribution is 6.36. The Kier molecular flexibility index (Phi) is 7.26. The van der Waals surface area contributed by atoms with Crippen LogP contribution in [0, 0.1) is 0 Å². The molecule has 0 saturated heterocycles. The summed E-state index contributed by atoms with van der Waals surface area (Å²) in [5.74, 6) is 0.992. The van der Waals surface area contributed by atoms with Crippen molar-refractivity contribution in [1.82, 2.24) is 0 Å². The number of ether oxygens (including phenoxy) is 1. The molecule has 0 heterocycles. The summed E-state index contributed by atoms with van der Waals surface area (Å²) in [6.45, 7) is 3.47. The molecule has 2 rings (SSSR count). The van der Waals surface area contributed by atoms with E-state index in [1.165, 1.54) is 0 Å². The summed E-state index contributed by atoms with van der Waals surface area (Å²) in [6, 6.07) is 14.0. The highest BCUT2D eigenvalue weighted by Gasteiger charge is 2.21. The van der Waals surface area contributed by atoms with Gasteiger partial charge < -0.3 is 19.1 Å². The largest absolute Gasteiger partial charge is 0.785 e. The van der Waals surface area contributed by atoms with E-state index in [0.717, 1.165) is 25.0 Å². The zero-order chi connectivity index (χ0) is 16.5. The maximum Gasteiger partial charge on any atom is 0.785 e. The van der Waals surface area contributed by atoms with Crippen molar-refractivity contribution in [2.75, 3.05) is 6.61 Å². The lowest BCUT2D eigenvalue weighted by atomic mass is 10.2. The van der Waals surface area contributed by atoms with Crippen molar-refractivity contribution in [2.24, 2.45) is 0 Å². The molecule has 0 aliphatic heterocycles. The molecule has 122 valence electrons. The molecular weight excluding hydrogens is 314 g/mol. The summed E-state index contributed by atoms with van der Waals surface area (Å²) < 4.78 is 16.1. The Labute approximate surface area is 142 Å². The van der Waals surface area contributed by atoms with Crippen LogP contribution >= 0.6 is 11.6 Å². The molecule has 1 N–H and O–H groups in total. The molecule has 0 aliphatic carbocycles. The lowest BCUT2D eigenvalue weighted by Gasteiger charge is -2.11. The van der Waals surface area contributed by atoms with Crippen LogP contribution in [0.2, 0.25) is 5.02 Å². The first-order valence-electron chi connectivity index (χ1n) is 7.61. The molecule has 0 bridgehead atoms. The molecular formula is C17H20BClO4. The third-order valence-electron chi connectivity index (χ3n) is 3.12. The second-order valence-corrected chi connectivity index (χ2v) is 5.48. The SMILES string of the molecule is CCCCOCc1ccc(OB(O)Oc2ccc(Cl)cc2)cc1. The standard InChI is InChI=1S/C17H20BClO4/c1-2-3-12-21-13-14-4-8-16(9-5-14)22-18(20)23-17-10-6-15(19)7-11-17/h4-11,20H,2-3,12-13H2,1H3. The Hall–Kier alpha value is -1.69. The maximum atomic E-state index is 9.79. The third-order valence-corrected chi connectivity index (χ3v) is 3.37. The van der Waals surface area contributed by atoms with Gasteiger partial charge in [-0.15, -0.1) is 0 Å². The molecule has 2 aromatic carbocycles. The Bertz CT molecular complexity index is 574. The van der Waals surface area contributed by atoms with Gasteiger partial charge in [0.05, 0.1) is 6.61 Å². The van der Waals surface area contributed by atoms with Gasteiger partial charge in [-0.05, 0) is 48.4 Å². The number of unbranched alkanes of at least 4 members (excludes halogenated alkanes) is 1. The van der Waals surface area contributed by atoms with Crippen LogP contribution in [-0.2, 0) is 11.3 Å². The van der Waals surface area contributed by atoms with E-state index >= 15 is 0 Å². The van der Waals surface area contributed by atoms with Crippen molar-refractivity contribution in [3.8, 4) is 11.5 Å². The Morgan fingerprint density at radius 2 is 1.52 bits per heavy atom. The van der Waals surface area contributed by atoms with Gasteiger partial charge in [0, 0.05) is 11.6 Å². The predicted molar refractivity (Wildman–Crippen MR) is 91.7 cm³/mol. The number of halogens is 1. The average Bonchev–Trinajstić information content (AvgIpc) is 2.55. The lowest BCUT2D eigenvalue weighted by Crippen LogP contribution is -2.29. The molecule has 23 heavy (non-hydrogen) atoms. The van der Waals surface area contributed by atoms with Gasteiger partial charge in [-0.3, -0.25) is 0 Å². The van der Waals surface area contributed by atoms with Gasteiger partial charge in [0.1, 0.15) is 11.5 Å². The van der Waals surface area contributed by atoms with Crippen LogP contribution in [-0.4, -0.2) is 19.0 Å². The van der Waals surface area contributed by atoms with Gasteiger partial charge in [-0.1, -0.05) is 37.1 Å². The molecule has 2 aromatic rings. The normalized spacial score (nSPS) is 10.4. The molecule has 6 heteroatoms. The Balaban J connectivity index is 1.79. The van der Waals surface area contributed by atoms with Crippen LogP contribution in [0.15, 0.2) is 48.5 Å². The van der Waals surface area contributed by atoms with Crippen LogP contribution in [0.4, 0.5) is 0 Å². The monoisotopic (exact) mass is 334 g/mol. The number of hydrogen-bond acceptors (Lipinski definition) is 4. The van der Waals surface area contributed by atoms with Gasteiger partial charge in [0.2, 0.25) is 0 Å². The quantitative estimate of drug-likeness (QED) is 0.554. The number of benzene rings is 2. The molecule has 4 nitrogen and oxygen atoms in total. The third kappa shape index (κ3) is 6.53. The second kappa shape index (κ2) is 9.45. The molecule has 0 spiro atoms. The fraction of sp³-hybridized carbons (Fsp3) is 0.294. The van der Waals surface area contributed by atoms with E-state index in [1.807, 2.05) is 12.1 Å². The first-order chi connectivity index (χ1) is 11.2. The summed E-state index contributed by atoms with van der Waals surface area (Å²) in [4.78, 5) is 0. The molecule has 0 aromatic heterocycles. The van der Waals surface area contributed by atoms with Gasteiger partial charge in [-0.25, -0.2) is 0 Å². The van der Waals surface area contributed by atoms with E-state index in [2.05, 4.69) is 6.92 Å². The summed E-state index contributed by atoms with van der Waals surface area (Å²) in [5.41, 5.74) is 1.06. The fourth-order valence-corrected chi connectivity index (χ4v) is 2.00. The average molecular weight is 335 g/mol. The summed E-state index contributed by atoms with van der Waals surface area (Å²) in [6.07, 6.45) is 2.19. The molecule has 0 amide bonds. The first kappa shape index (κ1) is 17.7. The van der Waals surface area contributed by atoms with Crippen LogP contribution in [0.5, 0.6) is 11.5 Å². The van der Waals surface area contributed by atoms with Crippen molar-refractivity contribution in [2.45, 2.75) is 26.4 Å². The Morgan fingerprint density at radius 3 is 2.09 bits per heavy atom. The topological polar surface area (TPSA) is 47.9 Å². The van der Waals surface area contributed by atoms with E-state index in [-0.39, 0.29) is 0 Å². The van der Waals surface area contributed by atoms with E-state index < -0.39 is 7.32 Å². The summed E-state index contributed by atoms with van der Waals surface area (Å²) in [7, 11) is -1.39. The van der Waals surface area contributed by atoms with Crippen molar-refractivity contribution in [1.29, 1.82) is 0 Å². The minimum atomic E-state index is -1.39. The second-order valence-electron chi connectivity index (χ2n) is 5.05. The van der Waals surface area contributed by atoms with E-state index in [9.17, 15) is 5.02 Å². The molecule has 0 unspecified atom stereocenters. The van der Waals surface area contributed by atoms with E-state index in [0.29, 0.717) is 23.1 Å². The number of hydrogen-bond donors (Lipinski definition) is 1. The minimum absolute atomic E-state index is 0.475. The van der Waals surface area contributed by atoms with Crippen molar-refractivity contribution >= 4 is 18.9 Å². The van der Waals surface area contributed by atoms with Gasteiger partial charge >= 0.3 is 7.32 Å². The molecule has 0 saturated carbocycles. The fourth-order valence-electron chi connectivity index (χ4n) is 1.87. The maximum absolute atomic E-state index is 9.79.